The highest BCUT2D eigenvalue weighted by molar-refractivity contribution is 6.01. The molecule has 2 amide bonds. The summed E-state index contributed by atoms with van der Waals surface area (Å²) in [5.74, 6) is -0.616. The van der Waals surface area contributed by atoms with Crippen LogP contribution in [0.1, 0.15) is 35.4 Å². The van der Waals surface area contributed by atoms with E-state index in [1.165, 1.54) is 41.3 Å². The molecule has 1 atom stereocenters. The SMILES string of the molecule is CCc1ccc(N(C(=O)Cn2nnc(-c3ccc(C)o3)n2)C(C(=O)NCc2ccc(F)cc2)c2ccc(F)cc2)cc1. The Hall–Kier alpha value is -5.19. The van der Waals surface area contributed by atoms with Gasteiger partial charge in [0.2, 0.25) is 11.7 Å². The predicted molar refractivity (Wildman–Crippen MR) is 151 cm³/mol. The number of carbonyl (C=O) groups is 2. The van der Waals surface area contributed by atoms with Crippen molar-refractivity contribution in [2.75, 3.05) is 4.90 Å². The summed E-state index contributed by atoms with van der Waals surface area (Å²) in [7, 11) is 0. The molecule has 0 saturated heterocycles. The van der Waals surface area contributed by atoms with Gasteiger partial charge in [-0.05, 0) is 83.8 Å². The predicted octanol–water partition coefficient (Wildman–Crippen LogP) is 5.17. The molecule has 2 heterocycles. The van der Waals surface area contributed by atoms with Crippen LogP contribution in [-0.4, -0.2) is 32.0 Å². The average molecular weight is 571 g/mol. The molecule has 2 aromatic heterocycles. The molecule has 0 radical (unpaired) electrons. The topological polar surface area (TPSA) is 106 Å². The number of aryl methyl sites for hydroxylation is 2. The number of anilines is 1. The van der Waals surface area contributed by atoms with Crippen molar-refractivity contribution in [1.29, 1.82) is 0 Å². The van der Waals surface area contributed by atoms with Gasteiger partial charge in [0.05, 0.1) is 0 Å². The van der Waals surface area contributed by atoms with Crippen molar-refractivity contribution in [2.45, 2.75) is 39.4 Å². The lowest BCUT2D eigenvalue weighted by Gasteiger charge is -2.31. The number of amides is 2. The van der Waals surface area contributed by atoms with E-state index in [-0.39, 0.29) is 18.9 Å². The summed E-state index contributed by atoms with van der Waals surface area (Å²) in [5, 5.41) is 15.1. The maximum atomic E-state index is 14.0. The number of hydrogen-bond donors (Lipinski definition) is 1. The second kappa shape index (κ2) is 12.5. The van der Waals surface area contributed by atoms with Gasteiger partial charge in [-0.1, -0.05) is 43.3 Å². The number of aromatic nitrogens is 4. The van der Waals surface area contributed by atoms with Crippen molar-refractivity contribution in [1.82, 2.24) is 25.5 Å². The van der Waals surface area contributed by atoms with E-state index in [1.54, 1.807) is 43.3 Å². The van der Waals surface area contributed by atoms with Crippen LogP contribution in [0.15, 0.2) is 89.3 Å². The first kappa shape index (κ1) is 28.3. The molecule has 5 aromatic rings. The molecular weight excluding hydrogens is 542 g/mol. The van der Waals surface area contributed by atoms with Gasteiger partial charge in [-0.3, -0.25) is 14.5 Å². The van der Waals surface area contributed by atoms with E-state index in [0.717, 1.165) is 16.8 Å². The van der Waals surface area contributed by atoms with Crippen molar-refractivity contribution in [2.24, 2.45) is 0 Å². The Balaban J connectivity index is 1.50. The van der Waals surface area contributed by atoms with Crippen molar-refractivity contribution in [3.05, 3.63) is 119 Å². The maximum Gasteiger partial charge on any atom is 0.251 e. The summed E-state index contributed by atoms with van der Waals surface area (Å²) in [4.78, 5) is 30.3. The Morgan fingerprint density at radius 3 is 2.17 bits per heavy atom. The highest BCUT2D eigenvalue weighted by Crippen LogP contribution is 2.29. The Kier molecular flexibility index (Phi) is 8.47. The maximum absolute atomic E-state index is 14.0. The van der Waals surface area contributed by atoms with E-state index in [4.69, 9.17) is 4.42 Å². The number of carbonyl (C=O) groups excluding carboxylic acids is 2. The first-order valence-electron chi connectivity index (χ1n) is 13.3. The number of hydrogen-bond acceptors (Lipinski definition) is 6. The van der Waals surface area contributed by atoms with Gasteiger partial charge in [0.15, 0.2) is 5.76 Å². The second-order valence-corrected chi connectivity index (χ2v) is 9.64. The largest absolute Gasteiger partial charge is 0.458 e. The minimum absolute atomic E-state index is 0.0875. The molecule has 0 aliphatic heterocycles. The highest BCUT2D eigenvalue weighted by Gasteiger charge is 2.33. The third-order valence-electron chi connectivity index (χ3n) is 6.65. The fourth-order valence-corrected chi connectivity index (χ4v) is 4.44. The van der Waals surface area contributed by atoms with Gasteiger partial charge in [-0.25, -0.2) is 8.78 Å². The quantitative estimate of drug-likeness (QED) is 0.248. The van der Waals surface area contributed by atoms with Crippen molar-refractivity contribution >= 4 is 17.5 Å². The number of nitrogens with one attached hydrogen (secondary N) is 1. The average Bonchev–Trinajstić information content (AvgIpc) is 3.65. The van der Waals surface area contributed by atoms with Crippen molar-refractivity contribution in [3.8, 4) is 11.6 Å². The molecular formula is C31H28F2N6O3. The molecule has 0 saturated carbocycles. The molecule has 11 heteroatoms. The zero-order valence-electron chi connectivity index (χ0n) is 23.0. The smallest absolute Gasteiger partial charge is 0.251 e. The molecule has 1 N–H and O–H groups in total. The van der Waals surface area contributed by atoms with Gasteiger partial charge in [0.25, 0.3) is 5.91 Å². The Morgan fingerprint density at radius 2 is 1.55 bits per heavy atom. The van der Waals surface area contributed by atoms with Crippen LogP contribution in [0.5, 0.6) is 0 Å². The molecule has 5 rings (SSSR count). The van der Waals surface area contributed by atoms with E-state index < -0.39 is 29.5 Å². The van der Waals surface area contributed by atoms with Gasteiger partial charge in [0.1, 0.15) is 30.0 Å². The Bertz CT molecular complexity index is 1660. The number of nitrogens with zero attached hydrogens (tertiary/aromatic N) is 5. The monoisotopic (exact) mass is 570 g/mol. The summed E-state index contributed by atoms with van der Waals surface area (Å²) in [6, 6.07) is 20.7. The van der Waals surface area contributed by atoms with Gasteiger partial charge < -0.3 is 9.73 Å². The number of benzene rings is 3. The van der Waals surface area contributed by atoms with Gasteiger partial charge in [-0.15, -0.1) is 10.2 Å². The number of rotatable bonds is 10. The Labute approximate surface area is 240 Å². The van der Waals surface area contributed by atoms with Crippen LogP contribution >= 0.6 is 0 Å². The van der Waals surface area contributed by atoms with E-state index >= 15 is 0 Å². The van der Waals surface area contributed by atoms with Crippen molar-refractivity contribution < 1.29 is 22.8 Å². The Morgan fingerprint density at radius 1 is 0.905 bits per heavy atom. The minimum Gasteiger partial charge on any atom is -0.458 e. The van der Waals surface area contributed by atoms with Gasteiger partial charge >= 0.3 is 0 Å². The van der Waals surface area contributed by atoms with Crippen LogP contribution in [0.4, 0.5) is 14.5 Å². The lowest BCUT2D eigenvalue weighted by atomic mass is 10.0. The third kappa shape index (κ3) is 6.57. The fourth-order valence-electron chi connectivity index (χ4n) is 4.44. The first-order valence-corrected chi connectivity index (χ1v) is 13.3. The van der Waals surface area contributed by atoms with Gasteiger partial charge in [-0.2, -0.15) is 4.80 Å². The molecule has 0 aliphatic rings. The van der Waals surface area contributed by atoms with E-state index in [0.29, 0.717) is 28.3 Å². The first-order chi connectivity index (χ1) is 20.3. The van der Waals surface area contributed by atoms with Crippen LogP contribution in [0, 0.1) is 18.6 Å². The molecule has 3 aromatic carbocycles. The third-order valence-corrected chi connectivity index (χ3v) is 6.65. The number of furan rings is 1. The molecule has 0 spiro atoms. The molecule has 214 valence electrons. The van der Waals surface area contributed by atoms with Crippen LogP contribution in [-0.2, 0) is 29.1 Å². The minimum atomic E-state index is -1.18. The van der Waals surface area contributed by atoms with Crippen LogP contribution in [0.3, 0.4) is 0 Å². The summed E-state index contributed by atoms with van der Waals surface area (Å²) >= 11 is 0. The van der Waals surface area contributed by atoms with Crippen molar-refractivity contribution in [3.63, 3.8) is 0 Å². The molecule has 9 nitrogen and oxygen atoms in total. The normalized spacial score (nSPS) is 11.7. The summed E-state index contributed by atoms with van der Waals surface area (Å²) < 4.78 is 32.9. The van der Waals surface area contributed by atoms with E-state index in [2.05, 4.69) is 20.7 Å². The zero-order chi connectivity index (χ0) is 29.6. The highest BCUT2D eigenvalue weighted by atomic mass is 19.1. The lowest BCUT2D eigenvalue weighted by Crippen LogP contribution is -2.45. The fraction of sp³-hybridized carbons (Fsp3) is 0.194. The molecule has 42 heavy (non-hydrogen) atoms. The second-order valence-electron chi connectivity index (χ2n) is 9.64. The van der Waals surface area contributed by atoms with Crippen LogP contribution < -0.4 is 10.2 Å². The standard InChI is InChI=1S/C31H28F2N6O3/c1-3-21-7-15-26(16-8-21)39(28(40)19-38-36-30(35-37-38)27-17-4-20(2)42-27)29(23-9-13-25(33)14-10-23)31(41)34-18-22-5-11-24(32)12-6-22/h4-17,29H,3,18-19H2,1-2H3,(H,34,41). The molecule has 0 fully saturated rings. The van der Waals surface area contributed by atoms with Crippen LogP contribution in [0.2, 0.25) is 0 Å². The number of tetrazole rings is 1. The molecule has 1 unspecified atom stereocenters. The number of halogens is 2. The summed E-state index contributed by atoms with van der Waals surface area (Å²) in [5.41, 5.74) is 2.55. The molecule has 0 aliphatic carbocycles. The lowest BCUT2D eigenvalue weighted by molar-refractivity contribution is -0.127. The molecule has 0 bridgehead atoms. The summed E-state index contributed by atoms with van der Waals surface area (Å²) in [6.07, 6.45) is 0.783. The van der Waals surface area contributed by atoms with Crippen LogP contribution in [0.25, 0.3) is 11.6 Å². The summed E-state index contributed by atoms with van der Waals surface area (Å²) in [6.45, 7) is 3.54. The van der Waals surface area contributed by atoms with E-state index in [9.17, 15) is 18.4 Å². The van der Waals surface area contributed by atoms with E-state index in [1.807, 2.05) is 19.1 Å². The van der Waals surface area contributed by atoms with Gasteiger partial charge in [0, 0.05) is 12.2 Å². The zero-order valence-corrected chi connectivity index (χ0v) is 23.0.